The van der Waals surface area contributed by atoms with Crippen LogP contribution in [0.2, 0.25) is 5.02 Å². The van der Waals surface area contributed by atoms with Crippen LogP contribution in [0.4, 0.5) is 0 Å². The maximum Gasteiger partial charge on any atom is 0.270 e. The molecule has 1 aromatic carbocycles. The molecule has 2 rings (SSSR count). The minimum Gasteiger partial charge on any atom is -0.354 e. The predicted molar refractivity (Wildman–Crippen MR) is 102 cm³/mol. The molecule has 1 heterocycles. The van der Waals surface area contributed by atoms with E-state index in [2.05, 4.69) is 46.8 Å². The molecule has 0 saturated heterocycles. The van der Waals surface area contributed by atoms with E-state index in [1.54, 1.807) is 17.8 Å². The molecule has 1 aromatic heterocycles. The summed E-state index contributed by atoms with van der Waals surface area (Å²) in [5.74, 6) is 1.06. The molecule has 0 atom stereocenters. The van der Waals surface area contributed by atoms with Gasteiger partial charge in [0.2, 0.25) is 5.91 Å². The van der Waals surface area contributed by atoms with Crippen molar-refractivity contribution in [2.24, 2.45) is 0 Å². The molecule has 5 nitrogen and oxygen atoms in total. The van der Waals surface area contributed by atoms with E-state index in [9.17, 15) is 9.59 Å². The Morgan fingerprint density at radius 3 is 2.64 bits per heavy atom. The molecule has 0 saturated carbocycles. The fourth-order valence-electron chi connectivity index (χ4n) is 1.98. The summed E-state index contributed by atoms with van der Waals surface area (Å²) < 4.78 is 0. The third-order valence-corrected chi connectivity index (χ3v) is 4.59. The van der Waals surface area contributed by atoms with Crippen LogP contribution in [0.15, 0.2) is 42.6 Å². The number of rotatable bonds is 8. The van der Waals surface area contributed by atoms with Gasteiger partial charge < -0.3 is 10.6 Å². The molecule has 0 aliphatic carbocycles. The third-order valence-electron chi connectivity index (χ3n) is 3.32. The fraction of sp³-hybridized carbons (Fsp3) is 0.278. The van der Waals surface area contributed by atoms with Crippen LogP contribution < -0.4 is 10.6 Å². The number of hydrogen-bond acceptors (Lipinski definition) is 4. The molecule has 2 N–H and O–H groups in total. The van der Waals surface area contributed by atoms with Crippen molar-refractivity contribution >= 4 is 35.2 Å². The number of carbonyl (C=O) groups is 2. The van der Waals surface area contributed by atoms with Crippen molar-refractivity contribution in [2.45, 2.75) is 12.7 Å². The fourth-order valence-corrected chi connectivity index (χ4v) is 2.96. The molecular weight excluding hydrogens is 358 g/mol. The lowest BCUT2D eigenvalue weighted by Gasteiger charge is -2.07. The quantitative estimate of drug-likeness (QED) is 0.694. The monoisotopic (exact) mass is 377 g/mol. The second-order valence-electron chi connectivity index (χ2n) is 5.43. The van der Waals surface area contributed by atoms with Gasteiger partial charge in [-0.15, -0.1) is 0 Å². The molecule has 0 aliphatic rings. The van der Waals surface area contributed by atoms with Gasteiger partial charge in [0, 0.05) is 29.3 Å². The van der Waals surface area contributed by atoms with Crippen molar-refractivity contribution < 1.29 is 9.59 Å². The Hall–Kier alpha value is -2.05. The number of pyridine rings is 1. The van der Waals surface area contributed by atoms with E-state index >= 15 is 0 Å². The smallest absolute Gasteiger partial charge is 0.270 e. The van der Waals surface area contributed by atoms with Crippen LogP contribution in [0.3, 0.4) is 0 Å². The molecule has 0 aliphatic heterocycles. The van der Waals surface area contributed by atoms with Crippen LogP contribution in [0.1, 0.15) is 21.6 Å². The van der Waals surface area contributed by atoms with Crippen molar-refractivity contribution in [1.29, 1.82) is 0 Å². The normalized spacial score (nSPS) is 10.3. The Morgan fingerprint density at radius 1 is 1.16 bits per heavy atom. The van der Waals surface area contributed by atoms with Gasteiger partial charge in [-0.05, 0) is 24.6 Å². The first kappa shape index (κ1) is 19.3. The van der Waals surface area contributed by atoms with Crippen molar-refractivity contribution in [1.82, 2.24) is 15.6 Å². The molecule has 0 unspecified atom stereocenters. The summed E-state index contributed by atoms with van der Waals surface area (Å²) in [4.78, 5) is 27.5. The van der Waals surface area contributed by atoms with E-state index in [-0.39, 0.29) is 18.1 Å². The zero-order chi connectivity index (χ0) is 18.1. The average molecular weight is 378 g/mol. The van der Waals surface area contributed by atoms with Crippen molar-refractivity contribution in [3.8, 4) is 0 Å². The van der Waals surface area contributed by atoms with Crippen molar-refractivity contribution in [2.75, 3.05) is 18.8 Å². The van der Waals surface area contributed by atoms with Crippen LogP contribution in [0, 0.1) is 6.92 Å². The first-order valence-corrected chi connectivity index (χ1v) is 9.37. The number of carbonyl (C=O) groups excluding carboxylic acids is 2. The number of nitrogens with one attached hydrogen (secondary N) is 2. The second-order valence-corrected chi connectivity index (χ2v) is 6.97. The highest BCUT2D eigenvalue weighted by Gasteiger charge is 2.09. The number of aryl methyl sites for hydroxylation is 1. The topological polar surface area (TPSA) is 71.1 Å². The SMILES string of the molecule is Cc1ccc(CSCCNC(=O)CNC(=O)c2cc(Cl)ccn2)cc1. The molecule has 25 heavy (non-hydrogen) atoms. The number of aromatic nitrogens is 1. The van der Waals surface area contributed by atoms with Crippen molar-refractivity contribution in [3.63, 3.8) is 0 Å². The summed E-state index contributed by atoms with van der Waals surface area (Å²) >= 11 is 7.55. The zero-order valence-corrected chi connectivity index (χ0v) is 15.5. The Kier molecular flexibility index (Phi) is 7.76. The van der Waals surface area contributed by atoms with E-state index in [4.69, 9.17) is 11.6 Å². The van der Waals surface area contributed by atoms with Gasteiger partial charge in [-0.2, -0.15) is 11.8 Å². The number of benzene rings is 1. The molecule has 0 spiro atoms. The van der Waals surface area contributed by atoms with Crippen LogP contribution in [0.5, 0.6) is 0 Å². The minimum absolute atomic E-state index is 0.0876. The standard InChI is InChI=1S/C18H20ClN3O2S/c1-13-2-4-14(5-3-13)12-25-9-8-21-17(23)11-22-18(24)16-10-15(19)6-7-20-16/h2-7,10H,8-9,11-12H2,1H3,(H,21,23)(H,22,24). The molecule has 2 amide bonds. The van der Waals surface area contributed by atoms with E-state index in [1.165, 1.54) is 23.4 Å². The summed E-state index contributed by atoms with van der Waals surface area (Å²) in [5.41, 5.74) is 2.70. The summed E-state index contributed by atoms with van der Waals surface area (Å²) in [6, 6.07) is 11.4. The molecular formula is C18H20ClN3O2S. The summed E-state index contributed by atoms with van der Waals surface area (Å²) in [5, 5.41) is 5.72. The third kappa shape index (κ3) is 7.15. The first-order valence-electron chi connectivity index (χ1n) is 7.84. The average Bonchev–Trinajstić information content (AvgIpc) is 2.61. The van der Waals surface area contributed by atoms with Gasteiger partial charge in [0.15, 0.2) is 0 Å². The van der Waals surface area contributed by atoms with Gasteiger partial charge in [0.1, 0.15) is 5.69 Å². The Labute approximate surface area is 156 Å². The zero-order valence-electron chi connectivity index (χ0n) is 13.9. The first-order chi connectivity index (χ1) is 12.0. The van der Waals surface area contributed by atoms with Gasteiger partial charge in [0.05, 0.1) is 6.54 Å². The van der Waals surface area contributed by atoms with Crippen LogP contribution in [-0.2, 0) is 10.5 Å². The van der Waals surface area contributed by atoms with Gasteiger partial charge >= 0.3 is 0 Å². The Bertz CT molecular complexity index is 723. The number of hydrogen-bond donors (Lipinski definition) is 2. The van der Waals surface area contributed by atoms with Gasteiger partial charge in [-0.3, -0.25) is 14.6 Å². The van der Waals surface area contributed by atoms with E-state index in [0.29, 0.717) is 11.6 Å². The number of halogens is 1. The van der Waals surface area contributed by atoms with E-state index < -0.39 is 5.91 Å². The molecule has 132 valence electrons. The highest BCUT2D eigenvalue weighted by molar-refractivity contribution is 7.98. The lowest BCUT2D eigenvalue weighted by atomic mass is 10.2. The minimum atomic E-state index is -0.425. The van der Waals surface area contributed by atoms with Gasteiger partial charge in [-0.1, -0.05) is 41.4 Å². The maximum atomic E-state index is 11.8. The summed E-state index contributed by atoms with van der Waals surface area (Å²) in [7, 11) is 0. The lowest BCUT2D eigenvalue weighted by Crippen LogP contribution is -2.38. The Morgan fingerprint density at radius 2 is 1.92 bits per heavy atom. The van der Waals surface area contributed by atoms with E-state index in [0.717, 1.165) is 11.5 Å². The predicted octanol–water partition coefficient (Wildman–Crippen LogP) is 2.82. The van der Waals surface area contributed by atoms with Crippen LogP contribution >= 0.6 is 23.4 Å². The summed E-state index contributed by atoms with van der Waals surface area (Å²) in [6.07, 6.45) is 1.45. The molecule has 0 radical (unpaired) electrons. The lowest BCUT2D eigenvalue weighted by molar-refractivity contribution is -0.120. The Balaban J connectivity index is 1.59. The molecule has 7 heteroatoms. The van der Waals surface area contributed by atoms with Gasteiger partial charge in [0.25, 0.3) is 5.91 Å². The second kappa shape index (κ2) is 10.1. The molecule has 0 bridgehead atoms. The number of nitrogens with zero attached hydrogens (tertiary/aromatic N) is 1. The van der Waals surface area contributed by atoms with Gasteiger partial charge in [-0.25, -0.2) is 0 Å². The molecule has 0 fully saturated rings. The largest absolute Gasteiger partial charge is 0.354 e. The molecule has 2 aromatic rings. The number of amides is 2. The highest BCUT2D eigenvalue weighted by atomic mass is 35.5. The van der Waals surface area contributed by atoms with E-state index in [1.807, 2.05) is 0 Å². The summed E-state index contributed by atoms with van der Waals surface area (Å²) in [6.45, 7) is 2.53. The van der Waals surface area contributed by atoms with Crippen LogP contribution in [-0.4, -0.2) is 35.6 Å². The maximum absolute atomic E-state index is 11.8. The van der Waals surface area contributed by atoms with Crippen LogP contribution in [0.25, 0.3) is 0 Å². The number of thioether (sulfide) groups is 1. The van der Waals surface area contributed by atoms with Crippen molar-refractivity contribution in [3.05, 3.63) is 64.4 Å². The highest BCUT2D eigenvalue weighted by Crippen LogP contribution is 2.12.